The van der Waals surface area contributed by atoms with Crippen molar-refractivity contribution >= 4 is 29.5 Å². The topological polar surface area (TPSA) is 128 Å². The summed E-state index contributed by atoms with van der Waals surface area (Å²) in [5.41, 5.74) is 5.72. The molecule has 0 spiro atoms. The van der Waals surface area contributed by atoms with E-state index in [1.165, 1.54) is 116 Å². The Hall–Kier alpha value is -2.69. The highest BCUT2D eigenvalue weighted by atomic mass is 16.2. The number of rotatable bonds is 48. The first-order valence-corrected chi connectivity index (χ1v) is 30.1. The molecule has 11 nitrogen and oxygen atoms in total. The molecule has 1 fully saturated rings. The van der Waals surface area contributed by atoms with Crippen LogP contribution < -0.4 is 5.73 Å². The molecule has 5 amide bonds. The summed E-state index contributed by atoms with van der Waals surface area (Å²) in [5.74, 6) is -0.765. The summed E-state index contributed by atoms with van der Waals surface area (Å²) in [6.45, 7) is 17.9. The number of likely N-dealkylation sites (tertiary alicyclic amines) is 1. The number of carbonyl (C=O) groups is 5. The van der Waals surface area contributed by atoms with Crippen LogP contribution in [0.3, 0.4) is 0 Å². The third-order valence-electron chi connectivity index (χ3n) is 15.2. The molecule has 410 valence electrons. The molecule has 11 heteroatoms. The van der Waals surface area contributed by atoms with Gasteiger partial charge in [0.2, 0.25) is 29.5 Å². The minimum Gasteiger partial charge on any atom is -0.368 e. The van der Waals surface area contributed by atoms with Crippen molar-refractivity contribution < 1.29 is 24.0 Å². The van der Waals surface area contributed by atoms with Crippen LogP contribution in [0.2, 0.25) is 0 Å². The highest BCUT2D eigenvalue weighted by Gasteiger charge is 2.29. The summed E-state index contributed by atoms with van der Waals surface area (Å²) in [6.07, 6.45) is 38.7. The molecular weight excluding hydrogens is 873 g/mol. The van der Waals surface area contributed by atoms with Gasteiger partial charge in [-0.05, 0) is 82.8 Å². The second-order valence-electron chi connectivity index (χ2n) is 21.6. The molecule has 1 heterocycles. The molecule has 0 radical (unpaired) electrons. The van der Waals surface area contributed by atoms with Crippen LogP contribution in [0.4, 0.5) is 0 Å². The van der Waals surface area contributed by atoms with E-state index in [0.717, 1.165) is 122 Å². The molecule has 70 heavy (non-hydrogen) atoms. The Morgan fingerprint density at radius 2 is 0.757 bits per heavy atom. The molecule has 1 saturated heterocycles. The molecule has 0 aromatic carbocycles. The number of amides is 5. The Labute approximate surface area is 432 Å². The number of primary amides is 1. The van der Waals surface area contributed by atoms with Gasteiger partial charge in [-0.3, -0.25) is 24.0 Å². The highest BCUT2D eigenvalue weighted by Crippen LogP contribution is 2.19. The summed E-state index contributed by atoms with van der Waals surface area (Å²) in [7, 11) is 0. The number of nitrogens with two attached hydrogens (primary N) is 1. The van der Waals surface area contributed by atoms with Crippen LogP contribution in [0.25, 0.3) is 0 Å². The van der Waals surface area contributed by atoms with Crippen molar-refractivity contribution in [1.82, 2.24) is 24.5 Å². The zero-order valence-corrected chi connectivity index (χ0v) is 47.0. The molecule has 2 N–H and O–H groups in total. The number of hydrogen-bond donors (Lipinski definition) is 1. The number of hydrogen-bond acceptors (Lipinski definition) is 6. The van der Waals surface area contributed by atoms with Crippen LogP contribution in [0.15, 0.2) is 0 Å². The van der Waals surface area contributed by atoms with Crippen LogP contribution in [-0.2, 0) is 24.0 Å². The molecule has 0 aliphatic carbocycles. The molecular formula is C59H114N6O5. The van der Waals surface area contributed by atoms with Gasteiger partial charge in [0.05, 0.1) is 26.2 Å². The summed E-state index contributed by atoms with van der Waals surface area (Å²) >= 11 is 0. The molecule has 0 saturated carbocycles. The van der Waals surface area contributed by atoms with Crippen LogP contribution in [0, 0.1) is 11.8 Å². The van der Waals surface area contributed by atoms with Crippen molar-refractivity contribution in [2.45, 2.75) is 266 Å². The Kier molecular flexibility index (Phi) is 42.0. The fourth-order valence-corrected chi connectivity index (χ4v) is 10.2. The van der Waals surface area contributed by atoms with Crippen molar-refractivity contribution in [2.24, 2.45) is 17.6 Å². The Balaban J connectivity index is 3.32. The lowest BCUT2D eigenvalue weighted by molar-refractivity contribution is -0.147. The van der Waals surface area contributed by atoms with E-state index < -0.39 is 5.91 Å². The molecule has 0 bridgehead atoms. The fourth-order valence-electron chi connectivity index (χ4n) is 10.2. The SMILES string of the molecule is CCCCCCCCCCCCN(CC(=O)N(CC(=O)N(CCCCCCCCCCCC)CC(=O)N(CC(N)=O)CC(CC)CCCC)CC(CC)CCCC)C(=O)CCCCCN1CCCCC1. The molecule has 2 atom stereocenters. The third kappa shape index (κ3) is 33.9. The van der Waals surface area contributed by atoms with Gasteiger partial charge in [0, 0.05) is 32.6 Å². The maximum absolute atomic E-state index is 14.7. The van der Waals surface area contributed by atoms with Crippen molar-refractivity contribution in [3.05, 3.63) is 0 Å². The van der Waals surface area contributed by atoms with E-state index in [-0.39, 0.29) is 61.6 Å². The summed E-state index contributed by atoms with van der Waals surface area (Å²) in [5, 5.41) is 0. The van der Waals surface area contributed by atoms with Crippen molar-refractivity contribution in [2.75, 3.05) is 72.0 Å². The molecule has 0 aromatic heterocycles. The number of unbranched alkanes of at least 4 members (excludes halogenated alkanes) is 22. The summed E-state index contributed by atoms with van der Waals surface area (Å²) in [6, 6.07) is 0. The lowest BCUT2D eigenvalue weighted by Gasteiger charge is -2.33. The number of carbonyl (C=O) groups excluding carboxylic acids is 5. The standard InChI is InChI=1S/C59H114N6O5/c1-7-13-17-19-21-23-25-27-29-37-45-62(56(67)41-33-31-34-42-61-43-35-32-36-44-61)50-59(70)65(48-54(12-6)40-16-10-4)52-57(68)63(46-38-30-28-26-24-22-20-18-14-8-2)51-58(69)64(49-55(60)66)47-53(11-5)39-15-9-3/h53-54H,7-52H2,1-6H3,(H2,60,66). The predicted octanol–water partition coefficient (Wildman–Crippen LogP) is 13.1. The predicted molar refractivity (Wildman–Crippen MR) is 295 cm³/mol. The van der Waals surface area contributed by atoms with E-state index in [0.29, 0.717) is 32.6 Å². The number of piperidine rings is 1. The summed E-state index contributed by atoms with van der Waals surface area (Å²) < 4.78 is 0. The highest BCUT2D eigenvalue weighted by molar-refractivity contribution is 5.91. The Morgan fingerprint density at radius 3 is 1.17 bits per heavy atom. The minimum absolute atomic E-state index is 0.0263. The summed E-state index contributed by atoms with van der Waals surface area (Å²) in [4.78, 5) is 79.4. The first-order valence-electron chi connectivity index (χ1n) is 30.1. The first-order chi connectivity index (χ1) is 34.0. The van der Waals surface area contributed by atoms with Gasteiger partial charge in [0.1, 0.15) is 0 Å². The maximum Gasteiger partial charge on any atom is 0.242 e. The largest absolute Gasteiger partial charge is 0.368 e. The van der Waals surface area contributed by atoms with E-state index >= 15 is 0 Å². The van der Waals surface area contributed by atoms with Crippen LogP contribution in [-0.4, -0.2) is 126 Å². The van der Waals surface area contributed by atoms with E-state index in [2.05, 4.69) is 46.4 Å². The van der Waals surface area contributed by atoms with Crippen LogP contribution in [0.5, 0.6) is 0 Å². The molecule has 1 aliphatic rings. The molecule has 2 unspecified atom stereocenters. The third-order valence-corrected chi connectivity index (χ3v) is 15.2. The maximum atomic E-state index is 14.7. The van der Waals surface area contributed by atoms with Gasteiger partial charge < -0.3 is 30.2 Å². The second-order valence-corrected chi connectivity index (χ2v) is 21.6. The second kappa shape index (κ2) is 45.0. The lowest BCUT2D eigenvalue weighted by atomic mass is 9.98. The van der Waals surface area contributed by atoms with Gasteiger partial charge in [-0.25, -0.2) is 0 Å². The van der Waals surface area contributed by atoms with Crippen LogP contribution >= 0.6 is 0 Å². The van der Waals surface area contributed by atoms with Crippen molar-refractivity contribution in [3.63, 3.8) is 0 Å². The fraction of sp³-hybridized carbons (Fsp3) is 0.915. The Morgan fingerprint density at radius 1 is 0.400 bits per heavy atom. The monoisotopic (exact) mass is 987 g/mol. The zero-order chi connectivity index (χ0) is 51.5. The minimum atomic E-state index is -0.560. The van der Waals surface area contributed by atoms with Gasteiger partial charge in [-0.15, -0.1) is 0 Å². The quantitative estimate of drug-likeness (QED) is 0.0605. The van der Waals surface area contributed by atoms with E-state index in [1.807, 2.05) is 0 Å². The normalized spacial score (nSPS) is 13.8. The average molecular weight is 988 g/mol. The van der Waals surface area contributed by atoms with Crippen molar-refractivity contribution in [3.8, 4) is 0 Å². The zero-order valence-electron chi connectivity index (χ0n) is 47.0. The smallest absolute Gasteiger partial charge is 0.242 e. The van der Waals surface area contributed by atoms with E-state index in [9.17, 15) is 24.0 Å². The van der Waals surface area contributed by atoms with E-state index in [1.54, 1.807) is 19.6 Å². The van der Waals surface area contributed by atoms with Gasteiger partial charge in [0.15, 0.2) is 0 Å². The van der Waals surface area contributed by atoms with Gasteiger partial charge in [-0.2, -0.15) is 0 Å². The van der Waals surface area contributed by atoms with Gasteiger partial charge >= 0.3 is 0 Å². The van der Waals surface area contributed by atoms with Crippen LogP contribution in [0.1, 0.15) is 266 Å². The molecule has 1 aliphatic heterocycles. The van der Waals surface area contributed by atoms with Crippen molar-refractivity contribution in [1.29, 1.82) is 0 Å². The van der Waals surface area contributed by atoms with Gasteiger partial charge in [-0.1, -0.05) is 208 Å². The number of nitrogens with zero attached hydrogens (tertiary/aromatic N) is 5. The molecule has 1 rings (SSSR count). The molecule has 0 aromatic rings. The first kappa shape index (κ1) is 65.3. The lowest BCUT2D eigenvalue weighted by Crippen LogP contribution is -2.51. The van der Waals surface area contributed by atoms with E-state index in [4.69, 9.17) is 5.73 Å². The Bertz CT molecular complexity index is 1310. The average Bonchev–Trinajstić information content (AvgIpc) is 3.35. The van der Waals surface area contributed by atoms with Gasteiger partial charge in [0.25, 0.3) is 0 Å².